The fourth-order valence-corrected chi connectivity index (χ4v) is 4.15. The average molecular weight is 569 g/mol. The molecule has 34 heavy (non-hydrogen) atoms. The van der Waals surface area contributed by atoms with E-state index in [4.69, 9.17) is 27.1 Å². The first-order chi connectivity index (χ1) is 15.8. The number of halogens is 2. The predicted octanol–water partition coefficient (Wildman–Crippen LogP) is 4.03. The van der Waals surface area contributed by atoms with E-state index in [0.717, 1.165) is 52.5 Å². The summed E-state index contributed by atoms with van der Waals surface area (Å²) in [6, 6.07) is 10.3. The van der Waals surface area contributed by atoms with Crippen molar-refractivity contribution in [3.05, 3.63) is 85.9 Å². The van der Waals surface area contributed by atoms with Crippen molar-refractivity contribution in [2.24, 2.45) is 0 Å². The molecule has 1 fully saturated rings. The minimum Gasteiger partial charge on any atom is -0.666 e. The molecule has 0 aliphatic heterocycles. The van der Waals surface area contributed by atoms with Crippen molar-refractivity contribution < 1.29 is 56.1 Å². The van der Waals surface area contributed by atoms with Gasteiger partial charge in [-0.05, 0) is 51.7 Å². The molecule has 1 aliphatic rings. The van der Waals surface area contributed by atoms with Gasteiger partial charge in [0.05, 0.1) is 10.4 Å². The zero-order valence-electron chi connectivity index (χ0n) is 20.8. The molecule has 0 radical (unpaired) electrons. The van der Waals surface area contributed by atoms with Crippen molar-refractivity contribution in [1.82, 2.24) is 9.55 Å². The standard InChI is InChI=1S/C27H32BrClN3O.K/c1-5-8-14-23-24(25(30)33-27(4)15-16-27)31-26(21(7-3)22(29)17-20(28)6-2)32(23)18-19-12-10-9-11-13-19;/h6-7,9-14,17,30H,5,8,15-16,18H2,1-4H3;/q-1;+1/b20-6+,21-7+,22-17+,23-14-,25-24-;. The molecule has 1 aromatic heterocycles. The smallest absolute Gasteiger partial charge is 0.666 e. The molecule has 1 heterocycles. The number of ether oxygens (including phenoxy) is 1. The number of nitrogens with zero attached hydrogens (tertiary/aromatic N) is 2. The van der Waals surface area contributed by atoms with Crippen molar-refractivity contribution in [3.63, 3.8) is 0 Å². The molecule has 0 bridgehead atoms. The molecule has 0 amide bonds. The van der Waals surface area contributed by atoms with Crippen LogP contribution in [0.25, 0.3) is 23.3 Å². The molecule has 1 aliphatic carbocycles. The fraction of sp³-hybridized carbons (Fsp3) is 0.370. The van der Waals surface area contributed by atoms with Crippen molar-refractivity contribution in [2.75, 3.05) is 0 Å². The van der Waals surface area contributed by atoms with Crippen LogP contribution < -0.4 is 62.1 Å². The maximum absolute atomic E-state index is 8.74. The summed E-state index contributed by atoms with van der Waals surface area (Å²) in [5.74, 6) is 0.848. The van der Waals surface area contributed by atoms with Crippen molar-refractivity contribution in [1.29, 1.82) is 0 Å². The van der Waals surface area contributed by atoms with Crippen LogP contribution in [0.15, 0.2) is 58.1 Å². The van der Waals surface area contributed by atoms with Crippen LogP contribution >= 0.6 is 27.5 Å². The summed E-state index contributed by atoms with van der Waals surface area (Å²) < 4.78 is 9.08. The zero-order chi connectivity index (χ0) is 24.0. The van der Waals surface area contributed by atoms with E-state index in [1.807, 2.05) is 57.2 Å². The van der Waals surface area contributed by atoms with E-state index in [1.54, 1.807) is 0 Å². The maximum atomic E-state index is 8.74. The second-order valence-corrected chi connectivity index (χ2v) is 9.81. The van der Waals surface area contributed by atoms with Gasteiger partial charge in [0.15, 0.2) is 0 Å². The van der Waals surface area contributed by atoms with Gasteiger partial charge in [0.25, 0.3) is 0 Å². The molecule has 0 saturated heterocycles. The van der Waals surface area contributed by atoms with Crippen LogP contribution in [0.3, 0.4) is 0 Å². The van der Waals surface area contributed by atoms with Crippen molar-refractivity contribution in [3.8, 4) is 0 Å². The van der Waals surface area contributed by atoms with Gasteiger partial charge in [-0.25, -0.2) is 4.98 Å². The van der Waals surface area contributed by atoms with Crippen LogP contribution in [-0.4, -0.2) is 15.2 Å². The van der Waals surface area contributed by atoms with Crippen molar-refractivity contribution >= 4 is 45.1 Å². The molecule has 2 aromatic rings. The summed E-state index contributed by atoms with van der Waals surface area (Å²) in [6.45, 7) is 8.72. The van der Waals surface area contributed by atoms with E-state index in [-0.39, 0.29) is 62.9 Å². The van der Waals surface area contributed by atoms with Gasteiger partial charge < -0.3 is 15.0 Å². The Hall–Kier alpha value is -0.604. The van der Waals surface area contributed by atoms with Gasteiger partial charge in [0.2, 0.25) is 0 Å². The van der Waals surface area contributed by atoms with Gasteiger partial charge in [0.1, 0.15) is 16.8 Å². The van der Waals surface area contributed by atoms with Crippen LogP contribution in [0.5, 0.6) is 0 Å². The second-order valence-electron chi connectivity index (χ2n) is 8.48. The largest absolute Gasteiger partial charge is 1.00 e. The monoisotopic (exact) mass is 567 g/mol. The first kappa shape index (κ1) is 29.6. The fourth-order valence-electron chi connectivity index (χ4n) is 3.48. The Morgan fingerprint density at radius 3 is 2.47 bits per heavy atom. The molecule has 1 aromatic carbocycles. The summed E-state index contributed by atoms with van der Waals surface area (Å²) in [6.07, 6.45) is 11.8. The van der Waals surface area contributed by atoms with E-state index < -0.39 is 0 Å². The van der Waals surface area contributed by atoms with E-state index in [0.29, 0.717) is 16.9 Å². The summed E-state index contributed by atoms with van der Waals surface area (Å²) in [5.41, 5.74) is 10.5. The normalized spacial score (nSPS) is 17.4. The third-order valence-corrected chi connectivity index (χ3v) is 6.66. The minimum absolute atomic E-state index is 0. The molecule has 1 N–H and O–H groups in total. The molecule has 1 saturated carbocycles. The molecular formula is C27H32BrClKN3O. The molecule has 176 valence electrons. The maximum Gasteiger partial charge on any atom is 1.00 e. The van der Waals surface area contributed by atoms with Gasteiger partial charge >= 0.3 is 51.4 Å². The first-order valence-corrected chi connectivity index (χ1v) is 12.6. The van der Waals surface area contributed by atoms with E-state index >= 15 is 0 Å². The Morgan fingerprint density at radius 2 is 1.91 bits per heavy atom. The molecular weight excluding hydrogens is 537 g/mol. The van der Waals surface area contributed by atoms with Gasteiger partial charge in [-0.1, -0.05) is 89.4 Å². The van der Waals surface area contributed by atoms with Gasteiger partial charge in [-0.15, -0.1) is 0 Å². The van der Waals surface area contributed by atoms with E-state index in [9.17, 15) is 0 Å². The van der Waals surface area contributed by atoms with E-state index in [2.05, 4.69) is 45.6 Å². The number of imidazole rings is 1. The Labute approximate surface area is 259 Å². The Kier molecular flexibility index (Phi) is 11.9. The Bertz CT molecular complexity index is 1190. The van der Waals surface area contributed by atoms with Gasteiger partial charge in [0, 0.05) is 22.5 Å². The second kappa shape index (κ2) is 13.6. The number of aromatic nitrogens is 2. The molecule has 0 spiro atoms. The summed E-state index contributed by atoms with van der Waals surface area (Å²) in [7, 11) is 0. The number of hydrogen-bond acceptors (Lipinski definition) is 2. The molecule has 7 heteroatoms. The Balaban J connectivity index is 0.00000408. The van der Waals surface area contributed by atoms with Crippen molar-refractivity contribution in [2.45, 2.75) is 65.5 Å². The molecule has 0 unspecified atom stereocenters. The minimum atomic E-state index is -0.250. The first-order valence-electron chi connectivity index (χ1n) is 11.4. The number of unbranched alkanes of at least 4 members (excludes halogenated alkanes) is 1. The number of rotatable bonds is 9. The topological polar surface area (TPSA) is 50.9 Å². The SMILES string of the molecule is C\C=C(/C(Cl)=C\C(Br)=C/C)c1nc(=C(/[NH-])OC2(C)CC2)/c(=C/CCC)n1Cc1ccccc1.[K+]. The molecule has 0 atom stereocenters. The van der Waals surface area contributed by atoms with Crippen LogP contribution in [0.2, 0.25) is 0 Å². The summed E-state index contributed by atoms with van der Waals surface area (Å²) in [5, 5.41) is 2.05. The summed E-state index contributed by atoms with van der Waals surface area (Å²) >= 11 is 10.3. The van der Waals surface area contributed by atoms with Crippen LogP contribution in [0, 0.1) is 0 Å². The van der Waals surface area contributed by atoms with Crippen LogP contribution in [0.4, 0.5) is 0 Å². The predicted molar refractivity (Wildman–Crippen MR) is 143 cm³/mol. The Morgan fingerprint density at radius 1 is 1.24 bits per heavy atom. The molecule has 3 rings (SSSR count). The number of hydrogen-bond donors (Lipinski definition) is 0. The number of nitrogens with one attached hydrogen (secondary N) is 1. The third kappa shape index (κ3) is 7.70. The van der Waals surface area contributed by atoms with E-state index in [1.165, 1.54) is 0 Å². The number of benzene rings is 1. The summed E-state index contributed by atoms with van der Waals surface area (Å²) in [4.78, 5) is 4.95. The number of allylic oxidation sites excluding steroid dienone is 6. The third-order valence-electron chi connectivity index (χ3n) is 5.66. The molecule has 4 nitrogen and oxygen atoms in total. The quantitative estimate of drug-likeness (QED) is 0.339. The van der Waals surface area contributed by atoms with Gasteiger partial charge in [-0.2, -0.15) is 0 Å². The van der Waals surface area contributed by atoms with Gasteiger partial charge in [-0.3, -0.25) is 0 Å². The zero-order valence-corrected chi connectivity index (χ0v) is 26.3. The average Bonchev–Trinajstić information content (AvgIpc) is 3.42. The van der Waals surface area contributed by atoms with Crippen LogP contribution in [-0.2, 0) is 11.3 Å². The van der Waals surface area contributed by atoms with Crippen LogP contribution in [0.1, 0.15) is 64.8 Å².